The summed E-state index contributed by atoms with van der Waals surface area (Å²) in [6, 6.07) is 1.78. The van der Waals surface area contributed by atoms with E-state index >= 15 is 0 Å². The number of fused-ring (bicyclic) bond motifs is 3. The number of ether oxygens (including phenoxy) is 4. The standard InChI is InChI=1S/C28H34O9/c1-14(29)34-19-12-20(31)36-24(2,3)17-11-18(30)27(6)16(26(17,19)5)7-9-25(4)21(15-8-10-33-13-15)35-23(32)22-28(25,27)37-22/h8,10,13,16-17,19,21-22H,7,9,11-12H2,1-6H3/t16-,17-,19-,21+,22+,25+,26-,27+,28-/m1/s1. The van der Waals surface area contributed by atoms with Gasteiger partial charge in [0.1, 0.15) is 29.2 Å². The minimum Gasteiger partial charge on any atom is -0.472 e. The Morgan fingerprint density at radius 1 is 1.03 bits per heavy atom. The van der Waals surface area contributed by atoms with Crippen molar-refractivity contribution < 1.29 is 42.5 Å². The van der Waals surface area contributed by atoms with Crippen molar-refractivity contribution in [1.82, 2.24) is 0 Å². The average molecular weight is 515 g/mol. The van der Waals surface area contributed by atoms with Crippen LogP contribution >= 0.6 is 0 Å². The van der Waals surface area contributed by atoms with E-state index in [2.05, 4.69) is 0 Å². The number of Topliss-reactive ketones (excluding diaryl/α,β-unsaturated/α-hetero) is 1. The first-order valence-electron chi connectivity index (χ1n) is 13.1. The van der Waals surface area contributed by atoms with E-state index in [1.807, 2.05) is 34.6 Å². The molecule has 3 aliphatic heterocycles. The summed E-state index contributed by atoms with van der Waals surface area (Å²) in [6.45, 7) is 11.0. The summed E-state index contributed by atoms with van der Waals surface area (Å²) in [4.78, 5) is 52.7. The maximum atomic E-state index is 14.4. The smallest absolute Gasteiger partial charge is 0.339 e. The predicted molar refractivity (Wildman–Crippen MR) is 126 cm³/mol. The minimum atomic E-state index is -1.09. The van der Waals surface area contributed by atoms with Crippen molar-refractivity contribution in [3.05, 3.63) is 24.2 Å². The molecule has 5 fully saturated rings. The van der Waals surface area contributed by atoms with E-state index in [-0.39, 0.29) is 30.5 Å². The van der Waals surface area contributed by atoms with Gasteiger partial charge in [-0.15, -0.1) is 0 Å². The third-order valence-electron chi connectivity index (χ3n) is 10.8. The van der Waals surface area contributed by atoms with Crippen LogP contribution in [0.1, 0.15) is 78.9 Å². The molecule has 9 nitrogen and oxygen atoms in total. The number of carbonyl (C=O) groups is 4. The number of hydrogen-bond donors (Lipinski definition) is 0. The molecule has 0 N–H and O–H groups in total. The van der Waals surface area contributed by atoms with Crippen LogP contribution in [0.5, 0.6) is 0 Å². The first-order valence-corrected chi connectivity index (χ1v) is 13.1. The molecule has 5 aliphatic rings. The number of furan rings is 1. The van der Waals surface area contributed by atoms with Gasteiger partial charge < -0.3 is 23.4 Å². The SMILES string of the molecule is CC(=O)O[C@@H]1CC(=O)OC(C)(C)[C@H]2CC(=O)[C@]3(C)[C@H](CC[C@@]4(C)[C@H](c5ccoc5)OC(=O)[C@@H]5O[C@]543)[C@]21C. The van der Waals surface area contributed by atoms with Crippen molar-refractivity contribution in [1.29, 1.82) is 0 Å². The fourth-order valence-electron chi connectivity index (χ4n) is 9.24. The summed E-state index contributed by atoms with van der Waals surface area (Å²) in [5.74, 6) is -2.18. The number of esters is 3. The van der Waals surface area contributed by atoms with Crippen LogP contribution in [-0.2, 0) is 38.1 Å². The molecule has 1 spiro atoms. The quantitative estimate of drug-likeness (QED) is 0.330. The molecule has 1 aromatic heterocycles. The lowest BCUT2D eigenvalue weighted by Gasteiger charge is -2.66. The Bertz CT molecular complexity index is 1200. The van der Waals surface area contributed by atoms with Gasteiger partial charge in [0, 0.05) is 35.7 Å². The topological polar surface area (TPSA) is 122 Å². The zero-order valence-electron chi connectivity index (χ0n) is 22.1. The summed E-state index contributed by atoms with van der Waals surface area (Å²) in [6.07, 6.45) is 2.06. The molecule has 0 aromatic carbocycles. The van der Waals surface area contributed by atoms with Gasteiger partial charge in [-0.3, -0.25) is 14.4 Å². The Kier molecular flexibility index (Phi) is 4.82. The van der Waals surface area contributed by atoms with Crippen LogP contribution in [0.4, 0.5) is 0 Å². The van der Waals surface area contributed by atoms with E-state index in [1.54, 1.807) is 12.3 Å². The van der Waals surface area contributed by atoms with Crippen LogP contribution in [0.2, 0.25) is 0 Å². The lowest BCUT2D eigenvalue weighted by Crippen LogP contribution is -2.72. The highest BCUT2D eigenvalue weighted by Crippen LogP contribution is 2.78. The van der Waals surface area contributed by atoms with Gasteiger partial charge in [0.05, 0.1) is 24.4 Å². The zero-order valence-corrected chi connectivity index (χ0v) is 22.1. The minimum absolute atomic E-state index is 0.0263. The molecule has 1 aromatic rings. The van der Waals surface area contributed by atoms with Crippen molar-refractivity contribution in [2.24, 2.45) is 28.1 Å². The van der Waals surface area contributed by atoms with E-state index in [1.165, 1.54) is 13.2 Å². The van der Waals surface area contributed by atoms with E-state index in [0.717, 1.165) is 5.56 Å². The number of carbonyl (C=O) groups excluding carboxylic acids is 4. The maximum absolute atomic E-state index is 14.4. The molecule has 0 bridgehead atoms. The Hall–Kier alpha value is -2.68. The fourth-order valence-corrected chi connectivity index (χ4v) is 9.24. The second-order valence-electron chi connectivity index (χ2n) is 12.7. The fraction of sp³-hybridized carbons (Fsp3) is 0.714. The van der Waals surface area contributed by atoms with Crippen LogP contribution in [0.25, 0.3) is 0 Å². The van der Waals surface area contributed by atoms with Crippen molar-refractivity contribution >= 4 is 23.7 Å². The van der Waals surface area contributed by atoms with Gasteiger partial charge in [0.2, 0.25) is 0 Å². The maximum Gasteiger partial charge on any atom is 0.339 e. The lowest BCUT2D eigenvalue weighted by atomic mass is 9.37. The predicted octanol–water partition coefficient (Wildman–Crippen LogP) is 3.69. The molecule has 9 atom stereocenters. The summed E-state index contributed by atoms with van der Waals surface area (Å²) >= 11 is 0. The van der Waals surface area contributed by atoms with Crippen LogP contribution in [-0.4, -0.2) is 47.1 Å². The van der Waals surface area contributed by atoms with Crippen molar-refractivity contribution in [3.8, 4) is 0 Å². The number of hydrogen-bond acceptors (Lipinski definition) is 9. The van der Waals surface area contributed by atoms with E-state index < -0.39 is 63.7 Å². The highest BCUT2D eigenvalue weighted by Gasteiger charge is 2.88. The highest BCUT2D eigenvalue weighted by molar-refractivity contribution is 5.93. The monoisotopic (exact) mass is 514 g/mol. The van der Waals surface area contributed by atoms with Crippen molar-refractivity contribution in [3.63, 3.8) is 0 Å². The molecular weight excluding hydrogens is 480 g/mol. The number of epoxide rings is 1. The van der Waals surface area contributed by atoms with Crippen molar-refractivity contribution in [2.45, 2.75) is 96.7 Å². The van der Waals surface area contributed by atoms with E-state index in [0.29, 0.717) is 12.8 Å². The number of cyclic esters (lactones) is 2. The van der Waals surface area contributed by atoms with Gasteiger partial charge in [-0.1, -0.05) is 13.8 Å². The van der Waals surface area contributed by atoms with E-state index in [9.17, 15) is 19.2 Å². The Morgan fingerprint density at radius 2 is 1.76 bits per heavy atom. The van der Waals surface area contributed by atoms with Crippen LogP contribution in [0.15, 0.2) is 23.0 Å². The molecule has 3 saturated heterocycles. The lowest BCUT2D eigenvalue weighted by molar-refractivity contribution is -0.234. The molecule has 0 amide bonds. The van der Waals surface area contributed by atoms with Gasteiger partial charge in [0.25, 0.3) is 0 Å². The largest absolute Gasteiger partial charge is 0.472 e. The number of ketones is 1. The normalized spacial score (nSPS) is 47.7. The second-order valence-corrected chi connectivity index (χ2v) is 12.7. The van der Waals surface area contributed by atoms with Gasteiger partial charge in [-0.2, -0.15) is 0 Å². The molecule has 4 heterocycles. The third kappa shape index (κ3) is 2.79. The summed E-state index contributed by atoms with van der Waals surface area (Å²) < 4.78 is 29.3. The van der Waals surface area contributed by atoms with Crippen LogP contribution in [0.3, 0.4) is 0 Å². The first kappa shape index (κ1) is 24.6. The van der Waals surface area contributed by atoms with E-state index in [4.69, 9.17) is 23.4 Å². The molecule has 37 heavy (non-hydrogen) atoms. The van der Waals surface area contributed by atoms with Gasteiger partial charge >= 0.3 is 17.9 Å². The van der Waals surface area contributed by atoms with Crippen molar-refractivity contribution in [2.75, 3.05) is 0 Å². The Labute approximate surface area is 215 Å². The summed E-state index contributed by atoms with van der Waals surface area (Å²) in [5, 5.41) is 0. The number of rotatable bonds is 2. The highest BCUT2D eigenvalue weighted by atomic mass is 16.7. The molecule has 0 unspecified atom stereocenters. The summed E-state index contributed by atoms with van der Waals surface area (Å²) in [5.41, 5.74) is -3.88. The average Bonchev–Trinajstić information content (AvgIpc) is 3.38. The third-order valence-corrected chi connectivity index (χ3v) is 10.8. The molecule has 6 rings (SSSR count). The molecule has 9 heteroatoms. The Balaban J connectivity index is 1.54. The zero-order chi connectivity index (χ0) is 26.8. The first-order chi connectivity index (χ1) is 17.2. The Morgan fingerprint density at radius 3 is 2.41 bits per heavy atom. The molecular formula is C28H34O9. The molecule has 2 aliphatic carbocycles. The molecule has 0 radical (unpaired) electrons. The molecule has 2 saturated carbocycles. The van der Waals surface area contributed by atoms with Gasteiger partial charge in [0.15, 0.2) is 6.10 Å². The van der Waals surface area contributed by atoms with Crippen LogP contribution < -0.4 is 0 Å². The van der Waals surface area contributed by atoms with Crippen LogP contribution in [0, 0.1) is 28.1 Å². The van der Waals surface area contributed by atoms with Gasteiger partial charge in [-0.25, -0.2) is 4.79 Å². The van der Waals surface area contributed by atoms with Gasteiger partial charge in [-0.05, 0) is 45.6 Å². The second kappa shape index (κ2) is 7.24. The summed E-state index contributed by atoms with van der Waals surface area (Å²) in [7, 11) is 0. The molecule has 200 valence electrons.